The molecule has 10 heteroatoms. The third-order valence-corrected chi connectivity index (χ3v) is 8.96. The molecule has 7 rings (SSSR count). The molecule has 0 amide bonds. The molecule has 0 spiro atoms. The van der Waals surface area contributed by atoms with Gasteiger partial charge in [0.15, 0.2) is 27.8 Å². The Morgan fingerprint density at radius 1 is 1.02 bits per heavy atom. The molecule has 1 atom stereocenters. The van der Waals surface area contributed by atoms with Crippen molar-refractivity contribution in [2.24, 2.45) is 4.99 Å². The van der Waals surface area contributed by atoms with Crippen LogP contribution in [0.2, 0.25) is 0 Å². The summed E-state index contributed by atoms with van der Waals surface area (Å²) in [5.74, 6) is 1.76. The maximum Gasteiger partial charge on any atom is 0.338 e. The highest BCUT2D eigenvalue weighted by atomic mass is 32.1. The van der Waals surface area contributed by atoms with E-state index in [4.69, 9.17) is 23.7 Å². The first-order chi connectivity index (χ1) is 22.4. The van der Waals surface area contributed by atoms with Crippen molar-refractivity contribution in [3.8, 4) is 23.0 Å². The highest BCUT2D eigenvalue weighted by molar-refractivity contribution is 7.07. The second kappa shape index (κ2) is 12.2. The van der Waals surface area contributed by atoms with Crippen LogP contribution < -0.4 is 33.8 Å². The highest BCUT2D eigenvalue weighted by Crippen LogP contribution is 2.38. The Hall–Kier alpha value is -5.35. The number of fused-ring (bicyclic) bond motifs is 3. The number of allylic oxidation sites excluding steroid dienone is 1. The first-order valence-corrected chi connectivity index (χ1v) is 15.6. The Balaban J connectivity index is 1.25. The number of hydrogen-bond acceptors (Lipinski definition) is 9. The zero-order valence-electron chi connectivity index (χ0n) is 25.4. The lowest BCUT2D eigenvalue weighted by molar-refractivity contribution is -0.139. The minimum Gasteiger partial charge on any atom is -0.493 e. The van der Waals surface area contributed by atoms with Gasteiger partial charge in [0.1, 0.15) is 6.61 Å². The van der Waals surface area contributed by atoms with Crippen molar-refractivity contribution in [1.82, 2.24) is 4.57 Å². The molecule has 0 fully saturated rings. The minimum atomic E-state index is -0.758. The van der Waals surface area contributed by atoms with Crippen LogP contribution in [0.5, 0.6) is 23.0 Å². The first-order valence-electron chi connectivity index (χ1n) is 14.8. The van der Waals surface area contributed by atoms with E-state index in [2.05, 4.69) is 29.3 Å². The van der Waals surface area contributed by atoms with Crippen molar-refractivity contribution in [2.45, 2.75) is 26.5 Å². The van der Waals surface area contributed by atoms with Crippen molar-refractivity contribution in [3.05, 3.63) is 127 Å². The summed E-state index contributed by atoms with van der Waals surface area (Å²) in [5, 5.41) is 2.29. The largest absolute Gasteiger partial charge is 0.493 e. The Labute approximate surface area is 268 Å². The highest BCUT2D eigenvalue weighted by Gasteiger charge is 2.34. The molecule has 1 aromatic heterocycles. The van der Waals surface area contributed by atoms with Crippen molar-refractivity contribution < 1.29 is 28.5 Å². The predicted octanol–water partition coefficient (Wildman–Crippen LogP) is 5.27. The van der Waals surface area contributed by atoms with E-state index >= 15 is 0 Å². The molecule has 4 aromatic carbocycles. The molecule has 0 saturated heterocycles. The number of hydrogen-bond donors (Lipinski definition) is 0. The molecule has 0 N–H and O–H groups in total. The van der Waals surface area contributed by atoms with E-state index in [0.717, 1.165) is 21.9 Å². The summed E-state index contributed by atoms with van der Waals surface area (Å²) in [6, 6.07) is 24.5. The molecule has 0 unspecified atom stereocenters. The fourth-order valence-electron chi connectivity index (χ4n) is 5.81. The SMILES string of the molecule is CCOC(=O)C1=C(C)N=c2sc(=Cc3ccc(OCc4cccc5ccccc45)c(OC)c3)c(=O)n2[C@@H]1c1ccc2c(c1)OCO2. The Bertz CT molecular complexity index is 2210. The van der Waals surface area contributed by atoms with Gasteiger partial charge in [-0.2, -0.15) is 0 Å². The van der Waals surface area contributed by atoms with Crippen LogP contribution in [-0.4, -0.2) is 31.0 Å². The van der Waals surface area contributed by atoms with E-state index in [1.807, 2.05) is 42.5 Å². The third kappa shape index (κ3) is 5.30. The Morgan fingerprint density at radius 2 is 1.85 bits per heavy atom. The molecule has 0 bridgehead atoms. The fraction of sp³-hybridized carbons (Fsp3) is 0.194. The Morgan fingerprint density at radius 3 is 2.70 bits per heavy atom. The number of thiazole rings is 1. The number of carbonyl (C=O) groups is 1. The lowest BCUT2D eigenvalue weighted by Crippen LogP contribution is -2.39. The molecule has 0 aliphatic carbocycles. The fourth-order valence-corrected chi connectivity index (χ4v) is 6.86. The summed E-state index contributed by atoms with van der Waals surface area (Å²) in [7, 11) is 1.59. The van der Waals surface area contributed by atoms with Gasteiger partial charge in [0.05, 0.1) is 35.6 Å². The molecule has 3 heterocycles. The maximum atomic E-state index is 14.1. The van der Waals surface area contributed by atoms with Gasteiger partial charge in [-0.25, -0.2) is 9.79 Å². The number of aromatic nitrogens is 1. The lowest BCUT2D eigenvalue weighted by atomic mass is 9.95. The zero-order chi connectivity index (χ0) is 31.8. The molecule has 2 aliphatic heterocycles. The molecule has 2 aliphatic rings. The second-order valence-electron chi connectivity index (χ2n) is 10.8. The van der Waals surface area contributed by atoms with Crippen LogP contribution in [0, 0.1) is 0 Å². The van der Waals surface area contributed by atoms with E-state index in [9.17, 15) is 9.59 Å². The number of benzene rings is 4. The average Bonchev–Trinajstić information content (AvgIpc) is 3.66. The van der Waals surface area contributed by atoms with Gasteiger partial charge in [0, 0.05) is 0 Å². The number of esters is 1. The molecule has 9 nitrogen and oxygen atoms in total. The van der Waals surface area contributed by atoms with Crippen LogP contribution >= 0.6 is 11.3 Å². The molecule has 0 radical (unpaired) electrons. The molecule has 46 heavy (non-hydrogen) atoms. The lowest BCUT2D eigenvalue weighted by Gasteiger charge is -2.24. The normalized spacial score (nSPS) is 15.5. The standard InChI is InChI=1S/C36H30N2O7S/c1-4-42-35(40)32-21(2)37-36-38(33(32)24-13-15-28-30(18-24)45-20-44-28)34(39)31(46-36)17-22-12-14-27(29(16-22)41-3)43-19-25-10-7-9-23-8-5-6-11-26(23)25/h5-18,33H,4,19-20H2,1-3H3/t33-/m1/s1. The molecule has 0 saturated carbocycles. The third-order valence-electron chi connectivity index (χ3n) is 7.98. The molecular weight excluding hydrogens is 604 g/mol. The minimum absolute atomic E-state index is 0.109. The van der Waals surface area contributed by atoms with Gasteiger partial charge in [0.25, 0.3) is 5.56 Å². The van der Waals surface area contributed by atoms with E-state index in [1.165, 1.54) is 11.3 Å². The van der Waals surface area contributed by atoms with Crippen molar-refractivity contribution in [2.75, 3.05) is 20.5 Å². The van der Waals surface area contributed by atoms with Crippen LogP contribution in [0.3, 0.4) is 0 Å². The van der Waals surface area contributed by atoms with Crippen LogP contribution in [0.15, 0.2) is 99.9 Å². The van der Waals surface area contributed by atoms with Crippen LogP contribution in [0.4, 0.5) is 0 Å². The summed E-state index contributed by atoms with van der Waals surface area (Å²) >= 11 is 1.25. The number of ether oxygens (including phenoxy) is 5. The number of nitrogens with zero attached hydrogens (tertiary/aromatic N) is 2. The zero-order valence-corrected chi connectivity index (χ0v) is 26.3. The van der Waals surface area contributed by atoms with Gasteiger partial charge in [-0.15, -0.1) is 0 Å². The summed E-state index contributed by atoms with van der Waals surface area (Å²) < 4.78 is 30.4. The smallest absolute Gasteiger partial charge is 0.338 e. The van der Waals surface area contributed by atoms with E-state index in [0.29, 0.717) is 55.8 Å². The maximum absolute atomic E-state index is 14.1. The summed E-state index contributed by atoms with van der Waals surface area (Å²) in [5.41, 5.74) is 3.01. The van der Waals surface area contributed by atoms with E-state index < -0.39 is 12.0 Å². The summed E-state index contributed by atoms with van der Waals surface area (Å²) in [6.45, 7) is 4.17. The van der Waals surface area contributed by atoms with Gasteiger partial charge < -0.3 is 23.7 Å². The molecule has 232 valence electrons. The molecular formula is C36H30N2O7S. The summed E-state index contributed by atoms with van der Waals surface area (Å²) in [6.07, 6.45) is 1.79. The van der Waals surface area contributed by atoms with Gasteiger partial charge >= 0.3 is 5.97 Å². The van der Waals surface area contributed by atoms with Gasteiger partial charge in [0.2, 0.25) is 6.79 Å². The van der Waals surface area contributed by atoms with Crippen LogP contribution in [0.25, 0.3) is 16.8 Å². The van der Waals surface area contributed by atoms with Crippen molar-refractivity contribution >= 4 is 34.2 Å². The number of rotatable bonds is 8. The topological polar surface area (TPSA) is 97.6 Å². The first kappa shape index (κ1) is 29.4. The van der Waals surface area contributed by atoms with E-state index in [-0.39, 0.29) is 19.0 Å². The number of carbonyl (C=O) groups excluding carboxylic acids is 1. The van der Waals surface area contributed by atoms with Crippen LogP contribution in [0.1, 0.15) is 36.6 Å². The summed E-state index contributed by atoms with van der Waals surface area (Å²) in [4.78, 5) is 32.4. The second-order valence-corrected chi connectivity index (χ2v) is 11.8. The van der Waals surface area contributed by atoms with Crippen molar-refractivity contribution in [1.29, 1.82) is 0 Å². The quantitative estimate of drug-likeness (QED) is 0.215. The van der Waals surface area contributed by atoms with Gasteiger partial charge in [-0.3, -0.25) is 9.36 Å². The van der Waals surface area contributed by atoms with Crippen molar-refractivity contribution in [3.63, 3.8) is 0 Å². The number of methoxy groups -OCH3 is 1. The average molecular weight is 635 g/mol. The van der Waals surface area contributed by atoms with Gasteiger partial charge in [-0.1, -0.05) is 65.9 Å². The van der Waals surface area contributed by atoms with E-state index in [1.54, 1.807) is 43.7 Å². The molecule has 5 aromatic rings. The Kier molecular flexibility index (Phi) is 7.79. The monoisotopic (exact) mass is 634 g/mol. The van der Waals surface area contributed by atoms with Crippen LogP contribution in [-0.2, 0) is 16.1 Å². The van der Waals surface area contributed by atoms with Gasteiger partial charge in [-0.05, 0) is 71.7 Å². The predicted molar refractivity (Wildman–Crippen MR) is 174 cm³/mol.